The first kappa shape index (κ1) is 18.9. The lowest BCUT2D eigenvalue weighted by Crippen LogP contribution is -2.44. The molecule has 1 amide bonds. The fourth-order valence-corrected chi connectivity index (χ4v) is 3.15. The number of likely N-dealkylation sites (tertiary alicyclic amines) is 1. The van der Waals surface area contributed by atoms with E-state index in [2.05, 4.69) is 9.97 Å². The molecule has 1 fully saturated rings. The molecular formula is C20H25N3O4. The van der Waals surface area contributed by atoms with Crippen LogP contribution in [0.15, 0.2) is 36.7 Å². The minimum Gasteiger partial charge on any atom is -0.497 e. The predicted molar refractivity (Wildman–Crippen MR) is 100 cm³/mol. The van der Waals surface area contributed by atoms with Crippen molar-refractivity contribution in [1.82, 2.24) is 14.9 Å². The van der Waals surface area contributed by atoms with Crippen molar-refractivity contribution >= 4 is 5.91 Å². The summed E-state index contributed by atoms with van der Waals surface area (Å²) in [4.78, 5) is 22.8. The van der Waals surface area contributed by atoms with Gasteiger partial charge in [0.05, 0.1) is 20.8 Å². The molecule has 2 aromatic rings. The Morgan fingerprint density at radius 3 is 2.56 bits per heavy atom. The fourth-order valence-electron chi connectivity index (χ4n) is 3.15. The fraction of sp³-hybridized carbons (Fsp3) is 0.450. The number of ether oxygens (including phenoxy) is 3. The van der Waals surface area contributed by atoms with Crippen molar-refractivity contribution in [2.75, 3.05) is 27.3 Å². The van der Waals surface area contributed by atoms with Gasteiger partial charge < -0.3 is 19.1 Å². The molecule has 0 bridgehead atoms. The Hall–Kier alpha value is -2.83. The molecule has 3 rings (SSSR count). The number of hydrogen-bond donors (Lipinski definition) is 0. The number of methoxy groups -OCH3 is 2. The molecule has 7 heteroatoms. The van der Waals surface area contributed by atoms with Crippen molar-refractivity contribution in [3.63, 3.8) is 0 Å². The molecule has 2 heterocycles. The first-order valence-corrected chi connectivity index (χ1v) is 9.12. The van der Waals surface area contributed by atoms with E-state index in [9.17, 15) is 4.79 Å². The van der Waals surface area contributed by atoms with Crippen LogP contribution in [-0.4, -0.2) is 54.2 Å². The highest BCUT2D eigenvalue weighted by Gasteiger charge is 2.26. The lowest BCUT2D eigenvalue weighted by atomic mass is 10.1. The molecular weight excluding hydrogens is 346 g/mol. The maximum absolute atomic E-state index is 12.6. The number of benzene rings is 1. The zero-order chi connectivity index (χ0) is 19.1. The standard InChI is InChI=1S/C20H25N3O4/c1-25-16-8-5-15(6-9-16)7-10-18(24)23-13-3-4-17(14-23)27-20-19(26-2)21-11-12-22-20/h5-6,8-9,11-12,17H,3-4,7,10,13-14H2,1-2H3/t17-/m1/s1. The van der Waals surface area contributed by atoms with E-state index >= 15 is 0 Å². The van der Waals surface area contributed by atoms with Crippen LogP contribution >= 0.6 is 0 Å². The van der Waals surface area contributed by atoms with Crippen molar-refractivity contribution in [2.45, 2.75) is 31.8 Å². The Bertz CT molecular complexity index is 751. The molecule has 1 aliphatic heterocycles. The number of aryl methyl sites for hydroxylation is 1. The zero-order valence-corrected chi connectivity index (χ0v) is 15.8. The SMILES string of the molecule is COc1ccc(CCC(=O)N2CCC[C@@H](Oc3nccnc3OC)C2)cc1. The van der Waals surface area contributed by atoms with Gasteiger partial charge >= 0.3 is 0 Å². The predicted octanol–water partition coefficient (Wildman–Crippen LogP) is 2.50. The third-order valence-corrected chi connectivity index (χ3v) is 4.62. The highest BCUT2D eigenvalue weighted by atomic mass is 16.5. The van der Waals surface area contributed by atoms with Gasteiger partial charge in [0.15, 0.2) is 0 Å². The van der Waals surface area contributed by atoms with Crippen LogP contribution in [0.2, 0.25) is 0 Å². The van der Waals surface area contributed by atoms with Gasteiger partial charge in [0.25, 0.3) is 11.8 Å². The summed E-state index contributed by atoms with van der Waals surface area (Å²) in [6, 6.07) is 7.82. The third kappa shape index (κ3) is 5.09. The van der Waals surface area contributed by atoms with Gasteiger partial charge in [-0.05, 0) is 37.0 Å². The first-order chi connectivity index (χ1) is 13.2. The number of nitrogens with zero attached hydrogens (tertiary/aromatic N) is 3. The molecule has 1 aliphatic rings. The number of carbonyl (C=O) groups is 1. The van der Waals surface area contributed by atoms with Crippen LogP contribution in [0.1, 0.15) is 24.8 Å². The number of piperidine rings is 1. The van der Waals surface area contributed by atoms with Gasteiger partial charge in [0.1, 0.15) is 11.9 Å². The monoisotopic (exact) mass is 371 g/mol. The summed E-state index contributed by atoms with van der Waals surface area (Å²) in [6.07, 6.45) is 5.99. The second-order valence-corrected chi connectivity index (χ2v) is 6.44. The second-order valence-electron chi connectivity index (χ2n) is 6.44. The van der Waals surface area contributed by atoms with E-state index < -0.39 is 0 Å². The van der Waals surface area contributed by atoms with Crippen LogP contribution in [0, 0.1) is 0 Å². The molecule has 1 atom stereocenters. The molecule has 0 spiro atoms. The molecule has 0 N–H and O–H groups in total. The first-order valence-electron chi connectivity index (χ1n) is 9.12. The summed E-state index contributed by atoms with van der Waals surface area (Å²) in [7, 11) is 3.18. The maximum Gasteiger partial charge on any atom is 0.278 e. The molecule has 7 nitrogen and oxygen atoms in total. The quantitative estimate of drug-likeness (QED) is 0.745. The molecule has 0 aliphatic carbocycles. The van der Waals surface area contributed by atoms with Crippen molar-refractivity contribution in [3.8, 4) is 17.5 Å². The topological polar surface area (TPSA) is 73.8 Å². The second kappa shape index (κ2) is 9.21. The number of amides is 1. The average molecular weight is 371 g/mol. The summed E-state index contributed by atoms with van der Waals surface area (Å²) in [5.41, 5.74) is 1.12. The molecule has 0 saturated carbocycles. The summed E-state index contributed by atoms with van der Waals surface area (Å²) >= 11 is 0. The highest BCUT2D eigenvalue weighted by molar-refractivity contribution is 5.76. The van der Waals surface area contributed by atoms with Crippen LogP contribution in [0.5, 0.6) is 17.5 Å². The van der Waals surface area contributed by atoms with E-state index in [1.54, 1.807) is 19.5 Å². The number of rotatable bonds is 7. The summed E-state index contributed by atoms with van der Waals surface area (Å²) in [6.45, 7) is 1.32. The number of hydrogen-bond acceptors (Lipinski definition) is 6. The van der Waals surface area contributed by atoms with E-state index in [0.29, 0.717) is 31.1 Å². The number of aromatic nitrogens is 2. The van der Waals surface area contributed by atoms with Crippen LogP contribution in [0.3, 0.4) is 0 Å². The summed E-state index contributed by atoms with van der Waals surface area (Å²) in [5, 5.41) is 0. The van der Waals surface area contributed by atoms with Crippen molar-refractivity contribution in [1.29, 1.82) is 0 Å². The summed E-state index contributed by atoms with van der Waals surface area (Å²) < 4.78 is 16.3. The average Bonchev–Trinajstić information content (AvgIpc) is 2.73. The smallest absolute Gasteiger partial charge is 0.278 e. The van der Waals surface area contributed by atoms with Crippen LogP contribution < -0.4 is 14.2 Å². The lowest BCUT2D eigenvalue weighted by Gasteiger charge is -2.32. The molecule has 144 valence electrons. The van der Waals surface area contributed by atoms with Crippen molar-refractivity contribution < 1.29 is 19.0 Å². The lowest BCUT2D eigenvalue weighted by molar-refractivity contribution is -0.133. The largest absolute Gasteiger partial charge is 0.497 e. The van der Waals surface area contributed by atoms with Crippen LogP contribution in [0.25, 0.3) is 0 Å². The van der Waals surface area contributed by atoms with E-state index in [1.807, 2.05) is 29.2 Å². The Balaban J connectivity index is 1.52. The summed E-state index contributed by atoms with van der Waals surface area (Å²) in [5.74, 6) is 1.70. The van der Waals surface area contributed by atoms with Gasteiger partial charge in [-0.25, -0.2) is 9.97 Å². The van der Waals surface area contributed by atoms with Crippen molar-refractivity contribution in [2.24, 2.45) is 0 Å². The Morgan fingerprint density at radius 2 is 1.85 bits per heavy atom. The van der Waals surface area contributed by atoms with E-state index in [-0.39, 0.29) is 12.0 Å². The van der Waals surface area contributed by atoms with Gasteiger partial charge in [0.2, 0.25) is 5.91 Å². The molecule has 1 saturated heterocycles. The van der Waals surface area contributed by atoms with Gasteiger partial charge in [0, 0.05) is 25.4 Å². The van der Waals surface area contributed by atoms with Gasteiger partial charge in [-0.2, -0.15) is 0 Å². The van der Waals surface area contributed by atoms with Gasteiger partial charge in [-0.1, -0.05) is 12.1 Å². The van der Waals surface area contributed by atoms with Gasteiger partial charge in [-0.15, -0.1) is 0 Å². The molecule has 1 aromatic carbocycles. The van der Waals surface area contributed by atoms with E-state index in [4.69, 9.17) is 14.2 Å². The normalized spacial score (nSPS) is 16.7. The number of carbonyl (C=O) groups excluding carboxylic acids is 1. The van der Waals surface area contributed by atoms with Crippen LogP contribution in [-0.2, 0) is 11.2 Å². The third-order valence-electron chi connectivity index (χ3n) is 4.62. The molecule has 27 heavy (non-hydrogen) atoms. The Kier molecular flexibility index (Phi) is 6.46. The zero-order valence-electron chi connectivity index (χ0n) is 15.8. The van der Waals surface area contributed by atoms with Crippen molar-refractivity contribution in [3.05, 3.63) is 42.2 Å². The van der Waals surface area contributed by atoms with E-state index in [0.717, 1.165) is 30.7 Å². The molecule has 1 aromatic heterocycles. The minimum absolute atomic E-state index is 0.103. The maximum atomic E-state index is 12.6. The van der Waals surface area contributed by atoms with Gasteiger partial charge in [-0.3, -0.25) is 4.79 Å². The Morgan fingerprint density at radius 1 is 1.11 bits per heavy atom. The Labute approximate surface area is 159 Å². The van der Waals surface area contributed by atoms with Crippen LogP contribution in [0.4, 0.5) is 0 Å². The van der Waals surface area contributed by atoms with E-state index in [1.165, 1.54) is 7.11 Å². The molecule has 0 radical (unpaired) electrons. The minimum atomic E-state index is -0.103. The molecule has 0 unspecified atom stereocenters. The highest BCUT2D eigenvalue weighted by Crippen LogP contribution is 2.24.